The van der Waals surface area contributed by atoms with E-state index in [1.807, 2.05) is 34.6 Å². The molecule has 0 radical (unpaired) electrons. The Morgan fingerprint density at radius 2 is 1.80 bits per heavy atom. The fourth-order valence-electron chi connectivity index (χ4n) is 2.53. The van der Waals surface area contributed by atoms with E-state index in [2.05, 4.69) is 5.32 Å². The zero-order valence-electron chi connectivity index (χ0n) is 13.3. The number of carbonyl (C=O) groups is 2. The second-order valence-corrected chi connectivity index (χ2v) is 6.06. The maximum absolute atomic E-state index is 12.5. The van der Waals surface area contributed by atoms with Crippen LogP contribution in [-0.4, -0.2) is 48.6 Å². The lowest BCUT2D eigenvalue weighted by Crippen LogP contribution is -2.66. The molecule has 1 rings (SSSR count). The largest absolute Gasteiger partial charge is 0.380 e. The quantitative estimate of drug-likeness (QED) is 0.719. The van der Waals surface area contributed by atoms with Crippen LogP contribution in [0.15, 0.2) is 0 Å². The molecule has 0 aromatic heterocycles. The average molecular weight is 284 g/mol. The Hall–Kier alpha value is -1.10. The van der Waals surface area contributed by atoms with Gasteiger partial charge >= 0.3 is 0 Å². The molecule has 1 fully saturated rings. The monoisotopic (exact) mass is 284 g/mol. The van der Waals surface area contributed by atoms with Crippen LogP contribution in [0.25, 0.3) is 0 Å². The molecule has 1 aliphatic heterocycles. The second-order valence-electron chi connectivity index (χ2n) is 6.06. The Kier molecular flexibility index (Phi) is 6.46. The van der Waals surface area contributed by atoms with Crippen LogP contribution < -0.4 is 5.32 Å². The maximum atomic E-state index is 12.5. The topological polar surface area (TPSA) is 58.6 Å². The first-order valence-electron chi connectivity index (χ1n) is 7.58. The molecule has 116 valence electrons. The summed E-state index contributed by atoms with van der Waals surface area (Å²) in [7, 11) is 0. The van der Waals surface area contributed by atoms with Crippen molar-refractivity contribution in [3.8, 4) is 0 Å². The number of ether oxygens (including phenoxy) is 1. The molecule has 1 N–H and O–H groups in total. The first kappa shape index (κ1) is 17.0. The lowest BCUT2D eigenvalue weighted by molar-refractivity contribution is -0.153. The summed E-state index contributed by atoms with van der Waals surface area (Å²) in [5.41, 5.74) is 0. The number of amides is 2. The van der Waals surface area contributed by atoms with E-state index in [1.54, 1.807) is 4.90 Å². The third-order valence-electron chi connectivity index (χ3n) is 3.57. The standard InChI is InChI=1S/C15H28N2O3/c1-6-8-20-9-7-17-13(11(4)5)14(18)16-12(10(2)3)15(17)19/h10-13H,6-9H2,1-5H3,(H,16,18). The molecular formula is C15H28N2O3. The first-order chi connectivity index (χ1) is 9.40. The van der Waals surface area contributed by atoms with Crippen molar-refractivity contribution in [3.63, 3.8) is 0 Å². The van der Waals surface area contributed by atoms with Gasteiger partial charge in [-0.3, -0.25) is 9.59 Å². The molecular weight excluding hydrogens is 256 g/mol. The summed E-state index contributed by atoms with van der Waals surface area (Å²) in [6.07, 6.45) is 0.955. The summed E-state index contributed by atoms with van der Waals surface area (Å²) in [5.74, 6) is 0.157. The number of carbonyl (C=O) groups excluding carboxylic acids is 2. The van der Waals surface area contributed by atoms with Gasteiger partial charge in [-0.2, -0.15) is 0 Å². The summed E-state index contributed by atoms with van der Waals surface area (Å²) in [4.78, 5) is 26.5. The van der Waals surface area contributed by atoms with Gasteiger partial charge in [0.15, 0.2) is 0 Å². The summed E-state index contributed by atoms with van der Waals surface area (Å²) in [6.45, 7) is 11.5. The molecule has 0 aromatic carbocycles. The van der Waals surface area contributed by atoms with Crippen LogP contribution in [0, 0.1) is 11.8 Å². The second kappa shape index (κ2) is 7.62. The first-order valence-corrected chi connectivity index (χ1v) is 7.58. The molecule has 0 saturated carbocycles. The maximum Gasteiger partial charge on any atom is 0.246 e. The van der Waals surface area contributed by atoms with E-state index in [0.29, 0.717) is 19.8 Å². The van der Waals surface area contributed by atoms with Gasteiger partial charge in [-0.05, 0) is 18.3 Å². The van der Waals surface area contributed by atoms with Gasteiger partial charge < -0.3 is 15.0 Å². The van der Waals surface area contributed by atoms with Crippen LogP contribution in [0.4, 0.5) is 0 Å². The molecule has 5 heteroatoms. The highest BCUT2D eigenvalue weighted by Gasteiger charge is 2.42. The number of hydrogen-bond acceptors (Lipinski definition) is 3. The Balaban J connectivity index is 2.79. The normalized spacial score (nSPS) is 23.6. The molecule has 2 amide bonds. The Labute approximate surface area is 122 Å². The van der Waals surface area contributed by atoms with Crippen molar-refractivity contribution in [1.82, 2.24) is 10.2 Å². The summed E-state index contributed by atoms with van der Waals surface area (Å²) in [5, 5.41) is 2.86. The van der Waals surface area contributed by atoms with Gasteiger partial charge in [0.05, 0.1) is 6.61 Å². The van der Waals surface area contributed by atoms with Crippen molar-refractivity contribution >= 4 is 11.8 Å². The minimum atomic E-state index is -0.413. The van der Waals surface area contributed by atoms with Crippen molar-refractivity contribution in [3.05, 3.63) is 0 Å². The van der Waals surface area contributed by atoms with Crippen molar-refractivity contribution in [2.75, 3.05) is 19.8 Å². The zero-order chi connectivity index (χ0) is 15.3. The van der Waals surface area contributed by atoms with Gasteiger partial charge in [-0.15, -0.1) is 0 Å². The van der Waals surface area contributed by atoms with E-state index in [0.717, 1.165) is 6.42 Å². The number of piperazine rings is 1. The minimum absolute atomic E-state index is 0.0124. The van der Waals surface area contributed by atoms with Gasteiger partial charge in [0, 0.05) is 13.2 Å². The average Bonchev–Trinajstić information content (AvgIpc) is 2.37. The highest BCUT2D eigenvalue weighted by molar-refractivity contribution is 5.97. The van der Waals surface area contributed by atoms with Gasteiger partial charge in [-0.25, -0.2) is 0 Å². The van der Waals surface area contributed by atoms with Crippen LogP contribution in [0.2, 0.25) is 0 Å². The van der Waals surface area contributed by atoms with Crippen LogP contribution in [-0.2, 0) is 14.3 Å². The smallest absolute Gasteiger partial charge is 0.246 e. The van der Waals surface area contributed by atoms with Gasteiger partial charge in [-0.1, -0.05) is 34.6 Å². The third kappa shape index (κ3) is 3.95. The number of nitrogens with zero attached hydrogens (tertiary/aromatic N) is 1. The van der Waals surface area contributed by atoms with Crippen LogP contribution in [0.3, 0.4) is 0 Å². The number of hydrogen-bond donors (Lipinski definition) is 1. The third-order valence-corrected chi connectivity index (χ3v) is 3.57. The molecule has 2 atom stereocenters. The summed E-state index contributed by atoms with van der Waals surface area (Å²) < 4.78 is 5.47. The van der Waals surface area contributed by atoms with E-state index in [-0.39, 0.29) is 29.7 Å². The van der Waals surface area contributed by atoms with E-state index in [1.165, 1.54) is 0 Å². The fraction of sp³-hybridized carbons (Fsp3) is 0.867. The molecule has 1 heterocycles. The lowest BCUT2D eigenvalue weighted by Gasteiger charge is -2.42. The SMILES string of the molecule is CCCOCCN1C(=O)C(C(C)C)NC(=O)C1C(C)C. The fourth-order valence-corrected chi connectivity index (χ4v) is 2.53. The van der Waals surface area contributed by atoms with Crippen molar-refractivity contribution in [2.24, 2.45) is 11.8 Å². The molecule has 0 bridgehead atoms. The molecule has 0 aliphatic carbocycles. The minimum Gasteiger partial charge on any atom is -0.380 e. The zero-order valence-corrected chi connectivity index (χ0v) is 13.3. The van der Waals surface area contributed by atoms with Gasteiger partial charge in [0.2, 0.25) is 11.8 Å². The van der Waals surface area contributed by atoms with E-state index in [9.17, 15) is 9.59 Å². The van der Waals surface area contributed by atoms with Crippen molar-refractivity contribution < 1.29 is 14.3 Å². The van der Waals surface area contributed by atoms with Crippen LogP contribution >= 0.6 is 0 Å². The predicted octanol–water partition coefficient (Wildman–Crippen LogP) is 1.42. The highest BCUT2D eigenvalue weighted by atomic mass is 16.5. The molecule has 1 saturated heterocycles. The van der Waals surface area contributed by atoms with Crippen molar-refractivity contribution in [1.29, 1.82) is 0 Å². The van der Waals surface area contributed by atoms with E-state index < -0.39 is 6.04 Å². The Morgan fingerprint density at radius 1 is 1.15 bits per heavy atom. The Bertz CT molecular complexity index is 342. The lowest BCUT2D eigenvalue weighted by atomic mass is 9.93. The van der Waals surface area contributed by atoms with Crippen molar-refractivity contribution in [2.45, 2.75) is 53.1 Å². The van der Waals surface area contributed by atoms with Crippen LogP contribution in [0.1, 0.15) is 41.0 Å². The van der Waals surface area contributed by atoms with Crippen LogP contribution in [0.5, 0.6) is 0 Å². The summed E-state index contributed by atoms with van der Waals surface area (Å²) >= 11 is 0. The molecule has 1 aliphatic rings. The predicted molar refractivity (Wildman–Crippen MR) is 78.2 cm³/mol. The molecule has 0 aromatic rings. The molecule has 2 unspecified atom stereocenters. The Morgan fingerprint density at radius 3 is 2.30 bits per heavy atom. The molecule has 20 heavy (non-hydrogen) atoms. The highest BCUT2D eigenvalue weighted by Crippen LogP contribution is 2.20. The summed E-state index contributed by atoms with van der Waals surface area (Å²) in [6, 6.07) is -0.800. The number of nitrogens with one attached hydrogen (secondary N) is 1. The van der Waals surface area contributed by atoms with Gasteiger partial charge in [0.25, 0.3) is 0 Å². The van der Waals surface area contributed by atoms with E-state index >= 15 is 0 Å². The molecule has 0 spiro atoms. The molecule has 5 nitrogen and oxygen atoms in total. The van der Waals surface area contributed by atoms with Gasteiger partial charge in [0.1, 0.15) is 12.1 Å². The van der Waals surface area contributed by atoms with E-state index in [4.69, 9.17) is 4.74 Å². The number of rotatable bonds is 7.